The van der Waals surface area contributed by atoms with Gasteiger partial charge in [-0.25, -0.2) is 4.98 Å². The number of benzene rings is 2. The minimum atomic E-state index is -0.825. The Morgan fingerprint density at radius 2 is 1.84 bits per heavy atom. The number of fused-ring (bicyclic) bond motifs is 1. The van der Waals surface area contributed by atoms with Crippen LogP contribution in [0, 0.1) is 0 Å². The van der Waals surface area contributed by atoms with Gasteiger partial charge < -0.3 is 14.6 Å². The van der Waals surface area contributed by atoms with Crippen LogP contribution in [0.1, 0.15) is 15.9 Å². The van der Waals surface area contributed by atoms with Gasteiger partial charge in [0.1, 0.15) is 16.7 Å². The maximum atomic E-state index is 13.1. The third kappa shape index (κ3) is 4.26. The van der Waals surface area contributed by atoms with Crippen molar-refractivity contribution in [3.63, 3.8) is 0 Å². The molecule has 0 aliphatic heterocycles. The number of aromatic nitrogens is 2. The van der Waals surface area contributed by atoms with E-state index in [1.165, 1.54) is 13.3 Å². The van der Waals surface area contributed by atoms with Crippen molar-refractivity contribution in [1.82, 2.24) is 9.55 Å². The molecule has 1 amide bonds. The Bertz CT molecular complexity index is 1270. The molecule has 0 saturated heterocycles. The fourth-order valence-corrected chi connectivity index (χ4v) is 3.76. The predicted octanol–water partition coefficient (Wildman–Crippen LogP) is 5.22. The van der Waals surface area contributed by atoms with Crippen LogP contribution in [0.4, 0.5) is 5.82 Å². The van der Waals surface area contributed by atoms with Gasteiger partial charge in [-0.2, -0.15) is 0 Å². The quantitative estimate of drug-likeness (QED) is 0.320. The lowest BCUT2D eigenvalue weighted by molar-refractivity contribution is -0.112. The zero-order chi connectivity index (χ0) is 22.0. The number of anilines is 1. The summed E-state index contributed by atoms with van der Waals surface area (Å²) in [5.74, 6) is -0.760. The Morgan fingerprint density at radius 1 is 1.06 bits per heavy atom. The lowest BCUT2D eigenvalue weighted by atomic mass is 10.1. The maximum absolute atomic E-state index is 13.1. The standard InChI is InChI=1S/C23H17Cl2N3O3/c1-31-16-9-10-18-17(12-16)20(21(29)23(30)27-19-4-2-3-11-26-19)22(25)28(18)13-14-5-7-15(24)8-6-14/h2-12H,13H2,1H3,(H,26,27,30). The van der Waals surface area contributed by atoms with Crippen molar-refractivity contribution in [1.29, 1.82) is 0 Å². The molecule has 0 atom stereocenters. The van der Waals surface area contributed by atoms with Crippen LogP contribution in [0.2, 0.25) is 10.2 Å². The highest BCUT2D eigenvalue weighted by Crippen LogP contribution is 2.34. The molecular formula is C23H17Cl2N3O3. The summed E-state index contributed by atoms with van der Waals surface area (Å²) >= 11 is 12.6. The Hall–Kier alpha value is -3.35. The van der Waals surface area contributed by atoms with Gasteiger partial charge in [-0.15, -0.1) is 0 Å². The van der Waals surface area contributed by atoms with Crippen molar-refractivity contribution >= 4 is 51.6 Å². The van der Waals surface area contributed by atoms with Gasteiger partial charge in [0.05, 0.1) is 18.2 Å². The molecule has 0 aliphatic carbocycles. The number of Topliss-reactive ketones (excluding diaryl/α,β-unsaturated/α-hetero) is 1. The number of ether oxygens (including phenoxy) is 1. The summed E-state index contributed by atoms with van der Waals surface area (Å²) in [4.78, 5) is 29.8. The van der Waals surface area contributed by atoms with Crippen LogP contribution >= 0.6 is 23.2 Å². The van der Waals surface area contributed by atoms with Crippen LogP contribution < -0.4 is 10.1 Å². The highest BCUT2D eigenvalue weighted by molar-refractivity contribution is 6.51. The van der Waals surface area contributed by atoms with E-state index in [0.717, 1.165) is 5.56 Å². The molecule has 0 bridgehead atoms. The van der Waals surface area contributed by atoms with Crippen LogP contribution in [0.25, 0.3) is 10.9 Å². The smallest absolute Gasteiger partial charge is 0.298 e. The van der Waals surface area contributed by atoms with E-state index in [-0.39, 0.29) is 16.5 Å². The molecule has 0 saturated carbocycles. The van der Waals surface area contributed by atoms with E-state index in [1.54, 1.807) is 47.0 Å². The first-order chi connectivity index (χ1) is 15.0. The Balaban J connectivity index is 1.78. The second-order valence-electron chi connectivity index (χ2n) is 6.76. The van der Waals surface area contributed by atoms with Crippen LogP contribution in [0.3, 0.4) is 0 Å². The summed E-state index contributed by atoms with van der Waals surface area (Å²) in [5, 5.41) is 3.83. The molecule has 4 rings (SSSR count). The summed E-state index contributed by atoms with van der Waals surface area (Å²) in [6.07, 6.45) is 1.52. The molecule has 156 valence electrons. The van der Waals surface area contributed by atoms with E-state index in [2.05, 4.69) is 10.3 Å². The van der Waals surface area contributed by atoms with E-state index in [0.29, 0.717) is 28.2 Å². The number of nitrogens with zero attached hydrogens (tertiary/aromatic N) is 2. The molecule has 0 fully saturated rings. The molecule has 2 aromatic carbocycles. The molecule has 8 heteroatoms. The van der Waals surface area contributed by atoms with Gasteiger partial charge in [-0.3, -0.25) is 9.59 Å². The first-order valence-electron chi connectivity index (χ1n) is 9.35. The number of ketones is 1. The van der Waals surface area contributed by atoms with Gasteiger partial charge in [0.25, 0.3) is 11.7 Å². The molecule has 0 spiro atoms. The first kappa shape index (κ1) is 20.9. The molecule has 1 N–H and O–H groups in total. The van der Waals surface area contributed by atoms with Gasteiger partial charge in [-0.1, -0.05) is 41.4 Å². The van der Waals surface area contributed by atoms with Gasteiger partial charge in [-0.05, 0) is 48.0 Å². The molecule has 0 aliphatic rings. The second kappa shape index (κ2) is 8.79. The summed E-state index contributed by atoms with van der Waals surface area (Å²) in [6.45, 7) is 0.397. The molecule has 0 unspecified atom stereocenters. The van der Waals surface area contributed by atoms with Crippen LogP contribution in [0.15, 0.2) is 66.9 Å². The molecule has 4 aromatic rings. The van der Waals surface area contributed by atoms with Gasteiger partial charge >= 0.3 is 0 Å². The predicted molar refractivity (Wildman–Crippen MR) is 121 cm³/mol. The number of rotatable bonds is 6. The molecule has 2 heterocycles. The van der Waals surface area contributed by atoms with Gasteiger partial charge in [0.15, 0.2) is 0 Å². The summed E-state index contributed by atoms with van der Waals surface area (Å²) in [7, 11) is 1.53. The number of methoxy groups -OCH3 is 1. The summed E-state index contributed by atoms with van der Waals surface area (Å²) in [6, 6.07) is 17.6. The second-order valence-corrected chi connectivity index (χ2v) is 7.55. The van der Waals surface area contributed by atoms with Crippen molar-refractivity contribution in [3.8, 4) is 5.75 Å². The normalized spacial score (nSPS) is 10.8. The van der Waals surface area contributed by atoms with Crippen LogP contribution in [-0.2, 0) is 11.3 Å². The Kier molecular flexibility index (Phi) is 5.93. The highest BCUT2D eigenvalue weighted by Gasteiger charge is 2.27. The number of pyridine rings is 1. The number of carbonyl (C=O) groups excluding carboxylic acids is 2. The fraction of sp³-hybridized carbons (Fsp3) is 0.0870. The first-order valence-corrected chi connectivity index (χ1v) is 10.1. The average Bonchev–Trinajstić information content (AvgIpc) is 3.05. The third-order valence-electron chi connectivity index (χ3n) is 4.80. The number of hydrogen-bond donors (Lipinski definition) is 1. The van der Waals surface area contributed by atoms with Gasteiger partial charge in [0, 0.05) is 23.2 Å². The Morgan fingerprint density at radius 3 is 2.52 bits per heavy atom. The molecule has 6 nitrogen and oxygen atoms in total. The monoisotopic (exact) mass is 453 g/mol. The topological polar surface area (TPSA) is 73.2 Å². The molecule has 2 aromatic heterocycles. The van der Waals surface area contributed by atoms with Crippen molar-refractivity contribution in [2.45, 2.75) is 6.54 Å². The third-order valence-corrected chi connectivity index (χ3v) is 5.45. The van der Waals surface area contributed by atoms with E-state index < -0.39 is 11.7 Å². The van der Waals surface area contributed by atoms with E-state index in [4.69, 9.17) is 27.9 Å². The number of nitrogens with one attached hydrogen (secondary N) is 1. The van der Waals surface area contributed by atoms with Crippen molar-refractivity contribution < 1.29 is 14.3 Å². The highest BCUT2D eigenvalue weighted by atomic mass is 35.5. The van der Waals surface area contributed by atoms with E-state index in [1.807, 2.05) is 18.2 Å². The zero-order valence-electron chi connectivity index (χ0n) is 16.4. The number of hydrogen-bond acceptors (Lipinski definition) is 4. The zero-order valence-corrected chi connectivity index (χ0v) is 17.9. The molecular weight excluding hydrogens is 437 g/mol. The van der Waals surface area contributed by atoms with Crippen molar-refractivity contribution in [2.75, 3.05) is 12.4 Å². The number of halogens is 2. The average molecular weight is 454 g/mol. The molecule has 0 radical (unpaired) electrons. The lowest BCUT2D eigenvalue weighted by Gasteiger charge is -2.08. The SMILES string of the molecule is COc1ccc2c(c1)c(C(=O)C(=O)Nc1ccccn1)c(Cl)n2Cc1ccc(Cl)cc1. The Labute approximate surface area is 188 Å². The minimum Gasteiger partial charge on any atom is -0.497 e. The van der Waals surface area contributed by atoms with E-state index in [9.17, 15) is 9.59 Å². The van der Waals surface area contributed by atoms with Crippen molar-refractivity contribution in [3.05, 3.63) is 88.2 Å². The maximum Gasteiger partial charge on any atom is 0.298 e. The van der Waals surface area contributed by atoms with Crippen LogP contribution in [-0.4, -0.2) is 28.4 Å². The van der Waals surface area contributed by atoms with Gasteiger partial charge in [0.2, 0.25) is 0 Å². The van der Waals surface area contributed by atoms with E-state index >= 15 is 0 Å². The lowest BCUT2D eigenvalue weighted by Crippen LogP contribution is -2.23. The fourth-order valence-electron chi connectivity index (χ4n) is 3.30. The van der Waals surface area contributed by atoms with Crippen LogP contribution in [0.5, 0.6) is 5.75 Å². The number of carbonyl (C=O) groups is 2. The molecule has 31 heavy (non-hydrogen) atoms. The number of amides is 1. The summed E-state index contributed by atoms with van der Waals surface area (Å²) < 4.78 is 7.08. The summed E-state index contributed by atoms with van der Waals surface area (Å²) in [5.41, 5.74) is 1.75. The largest absolute Gasteiger partial charge is 0.497 e. The van der Waals surface area contributed by atoms with Crippen molar-refractivity contribution in [2.24, 2.45) is 0 Å². The minimum absolute atomic E-state index is 0.109.